The lowest BCUT2D eigenvalue weighted by Crippen LogP contribution is -2.53. The van der Waals surface area contributed by atoms with Gasteiger partial charge in [-0.3, -0.25) is 9.89 Å². The highest BCUT2D eigenvalue weighted by Gasteiger charge is 2.25. The minimum atomic E-state index is 0. The normalized spacial score (nSPS) is 19.3. The standard InChI is InChI=1S/C23H36N4O.HI/c1-3-22(21-8-6-5-7-9-21)26-14-16-27(17-15-26)23(24-4-2)25-13-10-20-11-18-28-19-12-20;/h5-9,11,22H,3-4,10,12-19H2,1-2H3,(H,24,25);1H. The number of hydrogen-bond donors (Lipinski definition) is 1. The van der Waals surface area contributed by atoms with Crippen LogP contribution in [0.3, 0.4) is 0 Å². The molecule has 2 aliphatic rings. The monoisotopic (exact) mass is 512 g/mol. The molecule has 1 aromatic rings. The zero-order valence-electron chi connectivity index (χ0n) is 18.0. The van der Waals surface area contributed by atoms with Crippen molar-refractivity contribution in [3.05, 3.63) is 47.5 Å². The maximum atomic E-state index is 5.39. The number of hydrogen-bond acceptors (Lipinski definition) is 3. The van der Waals surface area contributed by atoms with E-state index < -0.39 is 0 Å². The Morgan fingerprint density at radius 1 is 1.14 bits per heavy atom. The maximum absolute atomic E-state index is 5.39. The highest BCUT2D eigenvalue weighted by Crippen LogP contribution is 2.25. The highest BCUT2D eigenvalue weighted by molar-refractivity contribution is 14.0. The van der Waals surface area contributed by atoms with Crippen molar-refractivity contribution < 1.29 is 4.74 Å². The summed E-state index contributed by atoms with van der Waals surface area (Å²) in [4.78, 5) is 9.96. The van der Waals surface area contributed by atoms with E-state index in [1.165, 1.54) is 11.1 Å². The predicted octanol–water partition coefficient (Wildman–Crippen LogP) is 4.08. The molecular formula is C23H37IN4O. The summed E-state index contributed by atoms with van der Waals surface area (Å²) in [5.74, 6) is 1.07. The lowest BCUT2D eigenvalue weighted by molar-refractivity contribution is 0.127. The summed E-state index contributed by atoms with van der Waals surface area (Å²) in [7, 11) is 0. The Kier molecular flexibility index (Phi) is 11.0. The number of nitrogens with zero attached hydrogens (tertiary/aromatic N) is 3. The van der Waals surface area contributed by atoms with E-state index in [2.05, 4.69) is 65.4 Å². The smallest absolute Gasteiger partial charge is 0.194 e. The first kappa shape index (κ1) is 24.2. The zero-order valence-corrected chi connectivity index (χ0v) is 20.3. The van der Waals surface area contributed by atoms with Crippen molar-refractivity contribution in [3.63, 3.8) is 0 Å². The van der Waals surface area contributed by atoms with Crippen LogP contribution in [-0.2, 0) is 4.74 Å². The number of halogens is 1. The zero-order chi connectivity index (χ0) is 19.6. The summed E-state index contributed by atoms with van der Waals surface area (Å²) in [5, 5.41) is 3.49. The maximum Gasteiger partial charge on any atom is 0.194 e. The summed E-state index contributed by atoms with van der Waals surface area (Å²) >= 11 is 0. The van der Waals surface area contributed by atoms with Crippen molar-refractivity contribution >= 4 is 29.9 Å². The third kappa shape index (κ3) is 7.26. The fourth-order valence-corrected chi connectivity index (χ4v) is 4.15. The molecule has 5 nitrogen and oxygen atoms in total. The van der Waals surface area contributed by atoms with Gasteiger partial charge in [-0.25, -0.2) is 0 Å². The number of ether oxygens (including phenoxy) is 1. The number of rotatable bonds is 7. The molecule has 3 rings (SSSR count). The van der Waals surface area contributed by atoms with Gasteiger partial charge in [-0.1, -0.05) is 48.9 Å². The molecule has 0 saturated carbocycles. The van der Waals surface area contributed by atoms with E-state index in [1.54, 1.807) is 0 Å². The molecule has 1 unspecified atom stereocenters. The second kappa shape index (κ2) is 13.2. The Hall–Kier alpha value is -1.12. The minimum absolute atomic E-state index is 0. The van der Waals surface area contributed by atoms with E-state index in [4.69, 9.17) is 9.73 Å². The van der Waals surface area contributed by atoms with Gasteiger partial charge in [0.25, 0.3) is 0 Å². The Bertz CT molecular complexity index is 642. The number of aliphatic imine (C=N–C) groups is 1. The van der Waals surface area contributed by atoms with Crippen LogP contribution in [0.1, 0.15) is 44.7 Å². The fourth-order valence-electron chi connectivity index (χ4n) is 4.15. The SMILES string of the molecule is CCNC(=NCCC1=CCOCC1)N1CCN(C(CC)c2ccccc2)CC1.I. The third-order valence-corrected chi connectivity index (χ3v) is 5.71. The fraction of sp³-hybridized carbons (Fsp3) is 0.609. The summed E-state index contributed by atoms with van der Waals surface area (Å²) in [6.45, 7) is 12.1. The molecule has 29 heavy (non-hydrogen) atoms. The van der Waals surface area contributed by atoms with Crippen molar-refractivity contribution in [2.75, 3.05) is 52.5 Å². The van der Waals surface area contributed by atoms with Crippen molar-refractivity contribution in [2.24, 2.45) is 4.99 Å². The van der Waals surface area contributed by atoms with Crippen LogP contribution < -0.4 is 5.32 Å². The van der Waals surface area contributed by atoms with Crippen LogP contribution in [0.2, 0.25) is 0 Å². The number of guanidine groups is 1. The van der Waals surface area contributed by atoms with Crippen LogP contribution in [0.4, 0.5) is 0 Å². The predicted molar refractivity (Wildman–Crippen MR) is 132 cm³/mol. The van der Waals surface area contributed by atoms with Gasteiger partial charge in [-0.2, -0.15) is 0 Å². The first-order chi connectivity index (χ1) is 13.8. The lowest BCUT2D eigenvalue weighted by Gasteiger charge is -2.40. The molecular weight excluding hydrogens is 475 g/mol. The van der Waals surface area contributed by atoms with Gasteiger partial charge in [0.1, 0.15) is 0 Å². The van der Waals surface area contributed by atoms with E-state index >= 15 is 0 Å². The molecule has 6 heteroatoms. The summed E-state index contributed by atoms with van der Waals surface area (Å²) in [6.07, 6.45) is 5.48. The van der Waals surface area contributed by atoms with Crippen LogP contribution in [0.5, 0.6) is 0 Å². The highest BCUT2D eigenvalue weighted by atomic mass is 127. The van der Waals surface area contributed by atoms with Gasteiger partial charge >= 0.3 is 0 Å². The largest absolute Gasteiger partial charge is 0.377 e. The third-order valence-electron chi connectivity index (χ3n) is 5.71. The average molecular weight is 512 g/mol. The van der Waals surface area contributed by atoms with Crippen LogP contribution >= 0.6 is 24.0 Å². The quantitative estimate of drug-likeness (QED) is 0.259. The van der Waals surface area contributed by atoms with E-state index in [1.807, 2.05) is 0 Å². The second-order valence-corrected chi connectivity index (χ2v) is 7.53. The van der Waals surface area contributed by atoms with E-state index in [9.17, 15) is 0 Å². The lowest BCUT2D eigenvalue weighted by atomic mass is 10.0. The first-order valence-electron chi connectivity index (χ1n) is 10.9. The molecule has 0 bridgehead atoms. The van der Waals surface area contributed by atoms with Gasteiger partial charge in [-0.15, -0.1) is 24.0 Å². The molecule has 1 N–H and O–H groups in total. The van der Waals surface area contributed by atoms with Crippen molar-refractivity contribution in [1.29, 1.82) is 0 Å². The van der Waals surface area contributed by atoms with Crippen LogP contribution in [-0.4, -0.2) is 68.2 Å². The van der Waals surface area contributed by atoms with Crippen LogP contribution in [0.25, 0.3) is 0 Å². The molecule has 0 aliphatic carbocycles. The van der Waals surface area contributed by atoms with Gasteiger partial charge < -0.3 is 15.0 Å². The topological polar surface area (TPSA) is 40.1 Å². The number of nitrogens with one attached hydrogen (secondary N) is 1. The Labute approximate surface area is 193 Å². The van der Waals surface area contributed by atoms with Crippen molar-refractivity contribution in [1.82, 2.24) is 15.1 Å². The van der Waals surface area contributed by atoms with E-state index in [0.29, 0.717) is 6.04 Å². The molecule has 0 aromatic heterocycles. The Morgan fingerprint density at radius 3 is 2.52 bits per heavy atom. The molecule has 1 atom stereocenters. The van der Waals surface area contributed by atoms with Gasteiger partial charge in [0.2, 0.25) is 0 Å². The molecule has 2 heterocycles. The molecule has 162 valence electrons. The van der Waals surface area contributed by atoms with Crippen molar-refractivity contribution in [2.45, 2.75) is 39.2 Å². The second-order valence-electron chi connectivity index (χ2n) is 7.53. The summed E-state index contributed by atoms with van der Waals surface area (Å²) < 4.78 is 5.39. The summed E-state index contributed by atoms with van der Waals surface area (Å²) in [5.41, 5.74) is 2.92. The van der Waals surface area contributed by atoms with E-state index in [0.717, 1.165) is 77.7 Å². The summed E-state index contributed by atoms with van der Waals surface area (Å²) in [6, 6.07) is 11.4. The molecule has 0 radical (unpaired) electrons. The Balaban J connectivity index is 0.00000300. The number of benzene rings is 1. The first-order valence-corrected chi connectivity index (χ1v) is 10.9. The van der Waals surface area contributed by atoms with Crippen molar-refractivity contribution in [3.8, 4) is 0 Å². The molecule has 0 amide bonds. The van der Waals surface area contributed by atoms with E-state index in [-0.39, 0.29) is 24.0 Å². The Morgan fingerprint density at radius 2 is 1.90 bits per heavy atom. The van der Waals surface area contributed by atoms with Gasteiger partial charge in [0, 0.05) is 45.3 Å². The minimum Gasteiger partial charge on any atom is -0.377 e. The van der Waals surface area contributed by atoms with Gasteiger partial charge in [-0.05, 0) is 31.7 Å². The van der Waals surface area contributed by atoms with Crippen LogP contribution in [0.15, 0.2) is 47.0 Å². The molecule has 1 aromatic carbocycles. The average Bonchev–Trinajstić information content (AvgIpc) is 2.76. The number of piperazine rings is 1. The molecule has 1 fully saturated rings. The van der Waals surface area contributed by atoms with Crippen LogP contribution in [0, 0.1) is 0 Å². The molecule has 0 spiro atoms. The molecule has 2 aliphatic heterocycles. The molecule has 1 saturated heterocycles. The van der Waals surface area contributed by atoms with Gasteiger partial charge in [0.05, 0.1) is 13.2 Å². The van der Waals surface area contributed by atoms with Gasteiger partial charge in [0.15, 0.2) is 5.96 Å².